The minimum absolute atomic E-state index is 0. The van der Waals surface area contributed by atoms with Crippen molar-refractivity contribution in [1.82, 2.24) is 4.90 Å². The molecule has 1 aliphatic rings. The van der Waals surface area contributed by atoms with E-state index >= 15 is 0 Å². The molecule has 0 aromatic heterocycles. The third kappa shape index (κ3) is 2.46. The van der Waals surface area contributed by atoms with E-state index in [1.165, 1.54) is 25.9 Å². The molecule has 0 aromatic rings. The molecule has 1 fully saturated rings. The first-order valence-corrected chi connectivity index (χ1v) is 2.58. The summed E-state index contributed by atoms with van der Waals surface area (Å²) in [6, 6.07) is 0. The van der Waals surface area contributed by atoms with Gasteiger partial charge >= 0.3 is 0 Å². The normalized spacial score (nSPS) is 21.9. The van der Waals surface area contributed by atoms with Crippen LogP contribution in [0.1, 0.15) is 12.8 Å². The molecule has 0 spiro atoms. The van der Waals surface area contributed by atoms with Crippen LogP contribution in [0.25, 0.3) is 0 Å². The molecule has 1 saturated heterocycles. The number of hydrogen-bond donors (Lipinski definition) is 0. The van der Waals surface area contributed by atoms with Crippen LogP contribution in [0.3, 0.4) is 0 Å². The molecule has 0 unspecified atom stereocenters. The van der Waals surface area contributed by atoms with Crippen molar-refractivity contribution < 1.29 is 21.1 Å². The SMILES string of the molecule is CN1CCCC1.[W]. The van der Waals surface area contributed by atoms with Crippen molar-refractivity contribution in [2.75, 3.05) is 20.1 Å². The summed E-state index contributed by atoms with van der Waals surface area (Å²) in [5, 5.41) is 0. The van der Waals surface area contributed by atoms with Crippen molar-refractivity contribution in [3.8, 4) is 0 Å². The van der Waals surface area contributed by atoms with Crippen molar-refractivity contribution in [3.05, 3.63) is 0 Å². The van der Waals surface area contributed by atoms with Crippen LogP contribution in [-0.2, 0) is 21.1 Å². The van der Waals surface area contributed by atoms with Crippen molar-refractivity contribution >= 4 is 0 Å². The largest absolute Gasteiger partial charge is 0.306 e. The summed E-state index contributed by atoms with van der Waals surface area (Å²) in [6.07, 6.45) is 2.83. The predicted molar refractivity (Wildman–Crippen MR) is 26.7 cm³/mol. The average molecular weight is 269 g/mol. The molecule has 0 aliphatic carbocycles. The van der Waals surface area contributed by atoms with Gasteiger partial charge in [-0.15, -0.1) is 0 Å². The molecule has 1 aliphatic heterocycles. The number of rotatable bonds is 0. The van der Waals surface area contributed by atoms with E-state index in [1.807, 2.05) is 0 Å². The fourth-order valence-corrected chi connectivity index (χ4v) is 0.875. The molecule has 7 heavy (non-hydrogen) atoms. The third-order valence-electron chi connectivity index (χ3n) is 1.33. The second kappa shape index (κ2) is 3.63. The summed E-state index contributed by atoms with van der Waals surface area (Å²) >= 11 is 0. The van der Waals surface area contributed by atoms with Crippen LogP contribution in [-0.4, -0.2) is 25.0 Å². The molecule has 0 aromatic carbocycles. The van der Waals surface area contributed by atoms with Crippen molar-refractivity contribution in [3.63, 3.8) is 0 Å². The monoisotopic (exact) mass is 269 g/mol. The van der Waals surface area contributed by atoms with Gasteiger partial charge in [-0.25, -0.2) is 0 Å². The Morgan fingerprint density at radius 3 is 1.71 bits per heavy atom. The maximum absolute atomic E-state index is 2.36. The van der Waals surface area contributed by atoms with Crippen LogP contribution in [0.5, 0.6) is 0 Å². The first-order chi connectivity index (χ1) is 2.89. The van der Waals surface area contributed by atoms with E-state index in [9.17, 15) is 0 Å². The van der Waals surface area contributed by atoms with Gasteiger partial charge in [-0.3, -0.25) is 0 Å². The Hall–Kier alpha value is 0.648. The molecule has 0 atom stereocenters. The summed E-state index contributed by atoms with van der Waals surface area (Å²) in [4.78, 5) is 2.36. The zero-order valence-electron chi connectivity index (χ0n) is 4.68. The number of hydrogen-bond acceptors (Lipinski definition) is 1. The first kappa shape index (κ1) is 7.65. The molecule has 1 nitrogen and oxygen atoms in total. The zero-order chi connectivity index (χ0) is 4.41. The van der Waals surface area contributed by atoms with E-state index in [0.717, 1.165) is 0 Å². The van der Waals surface area contributed by atoms with Crippen LogP contribution in [0.4, 0.5) is 0 Å². The maximum atomic E-state index is 2.36. The standard InChI is InChI=1S/C5H11N.W/c1-6-4-2-3-5-6;/h2-5H2,1H3;. The van der Waals surface area contributed by atoms with Crippen LogP contribution in [0.2, 0.25) is 0 Å². The van der Waals surface area contributed by atoms with Gasteiger partial charge in [0.1, 0.15) is 0 Å². The maximum Gasteiger partial charge on any atom is 0 e. The molecule has 0 radical (unpaired) electrons. The van der Waals surface area contributed by atoms with E-state index < -0.39 is 0 Å². The molecule has 2 heteroatoms. The van der Waals surface area contributed by atoms with E-state index in [2.05, 4.69) is 11.9 Å². The molecule has 0 bridgehead atoms. The van der Waals surface area contributed by atoms with Crippen molar-refractivity contribution in [1.29, 1.82) is 0 Å². The van der Waals surface area contributed by atoms with Gasteiger partial charge < -0.3 is 4.90 Å². The van der Waals surface area contributed by atoms with Gasteiger partial charge in [-0.1, -0.05) is 0 Å². The van der Waals surface area contributed by atoms with E-state index in [4.69, 9.17) is 0 Å². The first-order valence-electron chi connectivity index (χ1n) is 2.58. The summed E-state index contributed by atoms with van der Waals surface area (Å²) in [7, 11) is 2.17. The summed E-state index contributed by atoms with van der Waals surface area (Å²) in [5.41, 5.74) is 0. The molecular weight excluding hydrogens is 258 g/mol. The molecule has 0 N–H and O–H groups in total. The molecule has 1 heterocycles. The Kier molecular flexibility index (Phi) is 3.96. The summed E-state index contributed by atoms with van der Waals surface area (Å²) in [5.74, 6) is 0. The fraction of sp³-hybridized carbons (Fsp3) is 1.00. The molecule has 1 rings (SSSR count). The van der Waals surface area contributed by atoms with Crippen molar-refractivity contribution in [2.24, 2.45) is 0 Å². The zero-order valence-corrected chi connectivity index (χ0v) is 7.62. The Morgan fingerprint density at radius 2 is 1.57 bits per heavy atom. The van der Waals surface area contributed by atoms with E-state index in [0.29, 0.717) is 0 Å². The topological polar surface area (TPSA) is 3.24 Å². The van der Waals surface area contributed by atoms with Gasteiger partial charge in [-0.2, -0.15) is 0 Å². The van der Waals surface area contributed by atoms with Gasteiger partial charge in [0, 0.05) is 21.1 Å². The second-order valence-corrected chi connectivity index (χ2v) is 2.01. The van der Waals surface area contributed by atoms with Gasteiger partial charge in [0.2, 0.25) is 0 Å². The van der Waals surface area contributed by atoms with Crippen LogP contribution in [0.15, 0.2) is 0 Å². The molecule has 0 saturated carbocycles. The Balaban J connectivity index is 0.000000360. The summed E-state index contributed by atoms with van der Waals surface area (Å²) < 4.78 is 0. The minimum atomic E-state index is 0. The smallest absolute Gasteiger partial charge is 0 e. The van der Waals surface area contributed by atoms with E-state index in [-0.39, 0.29) is 21.1 Å². The Morgan fingerprint density at radius 1 is 1.14 bits per heavy atom. The molecule has 42 valence electrons. The molecule has 0 amide bonds. The van der Waals surface area contributed by atoms with Gasteiger partial charge in [0.15, 0.2) is 0 Å². The van der Waals surface area contributed by atoms with Gasteiger partial charge in [0.05, 0.1) is 0 Å². The second-order valence-electron chi connectivity index (χ2n) is 2.01. The van der Waals surface area contributed by atoms with Crippen LogP contribution in [0, 0.1) is 0 Å². The average Bonchev–Trinajstić information content (AvgIpc) is 1.86. The third-order valence-corrected chi connectivity index (χ3v) is 1.33. The Bertz CT molecular complexity index is 41.3. The predicted octanol–water partition coefficient (Wildman–Crippen LogP) is 0.710. The van der Waals surface area contributed by atoms with Gasteiger partial charge in [-0.05, 0) is 33.0 Å². The quantitative estimate of drug-likeness (QED) is 0.626. The van der Waals surface area contributed by atoms with E-state index in [1.54, 1.807) is 0 Å². The summed E-state index contributed by atoms with van der Waals surface area (Å²) in [6.45, 7) is 2.64. The van der Waals surface area contributed by atoms with Gasteiger partial charge in [0.25, 0.3) is 0 Å². The van der Waals surface area contributed by atoms with Crippen LogP contribution < -0.4 is 0 Å². The minimum Gasteiger partial charge on any atom is -0.306 e. The Labute approximate surface area is 59.3 Å². The fourth-order valence-electron chi connectivity index (χ4n) is 0.875. The van der Waals surface area contributed by atoms with Crippen LogP contribution >= 0.6 is 0 Å². The number of nitrogens with zero attached hydrogens (tertiary/aromatic N) is 1. The van der Waals surface area contributed by atoms with Crippen molar-refractivity contribution in [2.45, 2.75) is 12.8 Å². The molecular formula is C5H11NW. The number of likely N-dealkylation sites (tertiary alicyclic amines) is 1.